The Morgan fingerprint density at radius 3 is 2.50 bits per heavy atom. The number of para-hydroxylation sites is 1. The van der Waals surface area contributed by atoms with Crippen molar-refractivity contribution >= 4 is 45.1 Å². The lowest BCUT2D eigenvalue weighted by Gasteiger charge is -2.37. The Morgan fingerprint density at radius 2 is 1.81 bits per heavy atom. The van der Waals surface area contributed by atoms with Crippen LogP contribution in [-0.2, 0) is 14.8 Å². The first-order valence-electron chi connectivity index (χ1n) is 9.98. The van der Waals surface area contributed by atoms with Crippen LogP contribution in [0, 0.1) is 0 Å². The van der Waals surface area contributed by atoms with Gasteiger partial charge < -0.3 is 4.90 Å². The minimum Gasteiger partial charge on any atom is -0.302 e. The van der Waals surface area contributed by atoms with Crippen molar-refractivity contribution in [2.45, 2.75) is 20.9 Å². The molecule has 0 saturated heterocycles. The topological polar surface area (TPSA) is 70.6 Å². The largest absolute Gasteiger partial charge is 0.302 e. The van der Waals surface area contributed by atoms with Gasteiger partial charge in [-0.15, -0.1) is 11.8 Å². The second kappa shape index (κ2) is 9.66. The lowest BCUT2D eigenvalue weighted by atomic mass is 10.1. The normalized spacial score (nSPS) is 16.1. The molecule has 0 saturated carbocycles. The molecule has 1 aliphatic heterocycles. The summed E-state index contributed by atoms with van der Waals surface area (Å²) in [7, 11) is -0.568. The Labute approximate surface area is 197 Å². The fraction of sp³-hybridized carbons (Fsp3) is 0.217. The van der Waals surface area contributed by atoms with Crippen LogP contribution in [0.25, 0.3) is 0 Å². The van der Waals surface area contributed by atoms with Gasteiger partial charge in [0, 0.05) is 30.9 Å². The molecule has 0 unspecified atom stereocenters. The van der Waals surface area contributed by atoms with Gasteiger partial charge in [-0.1, -0.05) is 54.2 Å². The summed E-state index contributed by atoms with van der Waals surface area (Å²) in [6, 6.07) is 21.1. The molecule has 0 aliphatic carbocycles. The van der Waals surface area contributed by atoms with Gasteiger partial charge in [-0.2, -0.15) is 0 Å². The fourth-order valence-corrected chi connectivity index (χ4v) is 6.16. The molecular formula is C23H23N3O3S3. The fourth-order valence-electron chi connectivity index (χ4n) is 3.44. The van der Waals surface area contributed by atoms with Gasteiger partial charge in [0.15, 0.2) is 0 Å². The van der Waals surface area contributed by atoms with Crippen LogP contribution < -0.4 is 4.90 Å². The van der Waals surface area contributed by atoms with Crippen LogP contribution in [0.3, 0.4) is 0 Å². The number of benzene rings is 2. The second-order valence-corrected chi connectivity index (χ2v) is 11.6. The summed E-state index contributed by atoms with van der Waals surface area (Å²) >= 11 is 3.06. The van der Waals surface area contributed by atoms with E-state index in [1.54, 1.807) is 17.8 Å². The number of anilines is 1. The van der Waals surface area contributed by atoms with E-state index in [0.717, 1.165) is 26.2 Å². The molecule has 0 N–H and O–H groups in total. The first-order valence-corrected chi connectivity index (χ1v) is 13.4. The van der Waals surface area contributed by atoms with E-state index in [9.17, 15) is 13.2 Å². The zero-order chi connectivity index (χ0) is 22.7. The highest BCUT2D eigenvalue weighted by Gasteiger charge is 2.32. The van der Waals surface area contributed by atoms with Gasteiger partial charge in [0.1, 0.15) is 4.90 Å². The third-order valence-electron chi connectivity index (χ3n) is 5.12. The Morgan fingerprint density at radius 1 is 1.09 bits per heavy atom. The van der Waals surface area contributed by atoms with Gasteiger partial charge in [0.2, 0.25) is 15.9 Å². The maximum absolute atomic E-state index is 13.4. The molecule has 1 atom stereocenters. The highest BCUT2D eigenvalue weighted by Crippen LogP contribution is 2.43. The summed E-state index contributed by atoms with van der Waals surface area (Å²) < 4.78 is 25.6. The average molecular weight is 486 g/mol. The number of hydrogen-bond acceptors (Lipinski definition) is 6. The summed E-state index contributed by atoms with van der Waals surface area (Å²) in [6.45, 7) is 0. The molecule has 1 amide bonds. The van der Waals surface area contributed by atoms with E-state index in [1.165, 1.54) is 38.1 Å². The molecule has 2 aromatic carbocycles. The predicted molar refractivity (Wildman–Crippen MR) is 130 cm³/mol. The quantitative estimate of drug-likeness (QED) is 0.485. The van der Waals surface area contributed by atoms with E-state index in [2.05, 4.69) is 17.1 Å². The number of fused-ring (bicyclic) bond motifs is 1. The maximum Gasteiger partial charge on any atom is 0.244 e. The van der Waals surface area contributed by atoms with Gasteiger partial charge in [-0.25, -0.2) is 17.7 Å². The number of carbonyl (C=O) groups is 1. The number of aromatic nitrogens is 1. The molecule has 32 heavy (non-hydrogen) atoms. The van der Waals surface area contributed by atoms with E-state index in [4.69, 9.17) is 0 Å². The van der Waals surface area contributed by atoms with Gasteiger partial charge in [-0.3, -0.25) is 4.79 Å². The molecule has 0 fully saturated rings. The van der Waals surface area contributed by atoms with Crippen molar-refractivity contribution in [3.8, 4) is 0 Å². The van der Waals surface area contributed by atoms with Crippen molar-refractivity contribution in [2.75, 3.05) is 30.5 Å². The van der Waals surface area contributed by atoms with Gasteiger partial charge >= 0.3 is 0 Å². The number of thioether (sulfide) groups is 2. The zero-order valence-corrected chi connectivity index (χ0v) is 20.2. The average Bonchev–Trinajstić information content (AvgIpc) is 2.82. The van der Waals surface area contributed by atoms with Crippen LogP contribution >= 0.6 is 23.5 Å². The molecule has 0 bridgehead atoms. The van der Waals surface area contributed by atoms with Crippen molar-refractivity contribution in [3.05, 3.63) is 78.5 Å². The minimum atomic E-state index is -3.53. The molecule has 166 valence electrons. The summed E-state index contributed by atoms with van der Waals surface area (Å²) in [5.74, 6) is 0.977. The van der Waals surface area contributed by atoms with Crippen LogP contribution in [0.2, 0.25) is 0 Å². The highest BCUT2D eigenvalue weighted by molar-refractivity contribution is 8.00. The molecule has 4 rings (SSSR count). The van der Waals surface area contributed by atoms with Crippen molar-refractivity contribution < 1.29 is 13.2 Å². The summed E-state index contributed by atoms with van der Waals surface area (Å²) in [5, 5.41) is 0.604. The van der Waals surface area contributed by atoms with Crippen LogP contribution in [0.5, 0.6) is 0 Å². The van der Waals surface area contributed by atoms with Crippen LogP contribution in [0.1, 0.15) is 11.6 Å². The Hall–Kier alpha value is -2.33. The standard InChI is InChI=1S/C23H23N3O3S3/c1-25(2)32(28,29)18-12-13-22(24-14-18)31-16-23(27)26-19-10-6-7-11-21(19)30-15-20(26)17-8-4-3-5-9-17/h3-14,20H,15-16H2,1-2H3/t20-/m0/s1. The van der Waals surface area contributed by atoms with E-state index in [1.807, 2.05) is 47.4 Å². The molecule has 3 aromatic rings. The highest BCUT2D eigenvalue weighted by atomic mass is 32.2. The molecular weight excluding hydrogens is 462 g/mol. The van der Waals surface area contributed by atoms with E-state index in [0.29, 0.717) is 5.03 Å². The lowest BCUT2D eigenvalue weighted by molar-refractivity contribution is -0.116. The number of sulfonamides is 1. The predicted octanol–water partition coefficient (Wildman–Crippen LogP) is 4.30. The zero-order valence-electron chi connectivity index (χ0n) is 17.7. The summed E-state index contributed by atoms with van der Waals surface area (Å²) in [6.07, 6.45) is 1.34. The van der Waals surface area contributed by atoms with Crippen molar-refractivity contribution in [1.29, 1.82) is 0 Å². The molecule has 0 radical (unpaired) electrons. The lowest BCUT2D eigenvalue weighted by Crippen LogP contribution is -2.39. The van der Waals surface area contributed by atoms with Gasteiger partial charge in [0.25, 0.3) is 0 Å². The van der Waals surface area contributed by atoms with E-state index < -0.39 is 10.0 Å². The number of hydrogen-bond donors (Lipinski definition) is 0. The van der Waals surface area contributed by atoms with Gasteiger partial charge in [-0.05, 0) is 29.8 Å². The third-order valence-corrected chi connectivity index (χ3v) is 8.98. The third kappa shape index (κ3) is 4.71. The molecule has 9 heteroatoms. The molecule has 2 heterocycles. The molecule has 1 aliphatic rings. The smallest absolute Gasteiger partial charge is 0.244 e. The molecule has 0 spiro atoms. The second-order valence-electron chi connectivity index (χ2n) is 7.38. The summed E-state index contributed by atoms with van der Waals surface area (Å²) in [5.41, 5.74) is 2.02. The first-order chi connectivity index (χ1) is 15.4. The van der Waals surface area contributed by atoms with Crippen LogP contribution in [-0.4, -0.2) is 49.2 Å². The molecule has 6 nitrogen and oxygen atoms in total. The number of carbonyl (C=O) groups excluding carboxylic acids is 1. The van der Waals surface area contributed by atoms with Crippen molar-refractivity contribution in [1.82, 2.24) is 9.29 Å². The number of amides is 1. The van der Waals surface area contributed by atoms with Crippen molar-refractivity contribution in [3.63, 3.8) is 0 Å². The Balaban J connectivity index is 1.54. The number of pyridine rings is 1. The van der Waals surface area contributed by atoms with E-state index >= 15 is 0 Å². The Kier molecular flexibility index (Phi) is 6.90. The summed E-state index contributed by atoms with van der Waals surface area (Å²) in [4.78, 5) is 20.8. The Bertz CT molecular complexity index is 1200. The van der Waals surface area contributed by atoms with Crippen molar-refractivity contribution in [2.24, 2.45) is 0 Å². The number of nitrogens with zero attached hydrogens (tertiary/aromatic N) is 3. The first kappa shape index (κ1) is 22.8. The monoisotopic (exact) mass is 485 g/mol. The minimum absolute atomic E-state index is 0.0107. The van der Waals surface area contributed by atoms with Gasteiger partial charge in [0.05, 0.1) is 22.5 Å². The van der Waals surface area contributed by atoms with Crippen LogP contribution in [0.4, 0.5) is 5.69 Å². The number of rotatable bonds is 6. The SMILES string of the molecule is CN(C)S(=O)(=O)c1ccc(SCC(=O)N2c3ccccc3SC[C@H]2c2ccccc2)nc1. The van der Waals surface area contributed by atoms with E-state index in [-0.39, 0.29) is 22.6 Å². The molecule has 1 aromatic heterocycles. The maximum atomic E-state index is 13.4. The van der Waals surface area contributed by atoms with Crippen LogP contribution in [0.15, 0.2) is 87.7 Å².